The molecule has 0 spiro atoms. The van der Waals surface area contributed by atoms with Crippen molar-refractivity contribution in [3.63, 3.8) is 0 Å². The van der Waals surface area contributed by atoms with Crippen LogP contribution in [-0.4, -0.2) is 19.6 Å². The van der Waals surface area contributed by atoms with Crippen molar-refractivity contribution in [2.75, 3.05) is 13.7 Å². The van der Waals surface area contributed by atoms with E-state index in [4.69, 9.17) is 10.5 Å². The van der Waals surface area contributed by atoms with Gasteiger partial charge in [0.1, 0.15) is 5.75 Å². The highest BCUT2D eigenvalue weighted by molar-refractivity contribution is 5.79. The molecule has 0 saturated heterocycles. The Hall–Kier alpha value is -1.55. The number of hydrogen-bond acceptors (Lipinski definition) is 3. The molecular weight excluding hydrogens is 264 g/mol. The quantitative estimate of drug-likeness (QED) is 0.774. The summed E-state index contributed by atoms with van der Waals surface area (Å²) in [4.78, 5) is 12.4. The van der Waals surface area contributed by atoms with E-state index in [-0.39, 0.29) is 17.9 Å². The Labute approximate surface area is 128 Å². The van der Waals surface area contributed by atoms with Gasteiger partial charge in [-0.2, -0.15) is 0 Å². The Bertz CT molecular complexity index is 429. The van der Waals surface area contributed by atoms with Gasteiger partial charge in [-0.25, -0.2) is 0 Å². The highest BCUT2D eigenvalue weighted by Gasteiger charge is 2.21. The normalized spacial score (nSPS) is 13.8. The van der Waals surface area contributed by atoms with Crippen molar-refractivity contribution >= 4 is 5.91 Å². The van der Waals surface area contributed by atoms with Crippen molar-refractivity contribution in [3.05, 3.63) is 29.8 Å². The van der Waals surface area contributed by atoms with E-state index in [9.17, 15) is 4.79 Å². The van der Waals surface area contributed by atoms with Crippen molar-refractivity contribution in [2.45, 2.75) is 39.7 Å². The fraction of sp³-hybridized carbons (Fsp3) is 0.588. The molecule has 1 rings (SSSR count). The molecule has 1 amide bonds. The summed E-state index contributed by atoms with van der Waals surface area (Å²) in [5.41, 5.74) is 6.83. The zero-order chi connectivity index (χ0) is 15.8. The molecule has 1 aromatic rings. The van der Waals surface area contributed by atoms with Gasteiger partial charge >= 0.3 is 0 Å². The Kier molecular flexibility index (Phi) is 7.23. The molecule has 1 aromatic carbocycles. The molecule has 2 unspecified atom stereocenters. The van der Waals surface area contributed by atoms with E-state index in [0.717, 1.165) is 24.2 Å². The van der Waals surface area contributed by atoms with Crippen LogP contribution in [-0.2, 0) is 4.79 Å². The lowest BCUT2D eigenvalue weighted by molar-refractivity contribution is -0.126. The second kappa shape index (κ2) is 8.67. The fourth-order valence-electron chi connectivity index (χ4n) is 2.43. The number of carbonyl (C=O) groups is 1. The van der Waals surface area contributed by atoms with Gasteiger partial charge in [0, 0.05) is 6.54 Å². The Morgan fingerprint density at radius 2 is 1.90 bits per heavy atom. The number of benzene rings is 1. The summed E-state index contributed by atoms with van der Waals surface area (Å²) in [5.74, 6) is 1.22. The summed E-state index contributed by atoms with van der Waals surface area (Å²) in [6.07, 6.45) is 1.67. The van der Waals surface area contributed by atoms with E-state index in [1.165, 1.54) is 0 Å². The molecule has 0 fully saturated rings. The molecule has 118 valence electrons. The molecule has 4 heteroatoms. The van der Waals surface area contributed by atoms with Gasteiger partial charge in [0.25, 0.3) is 0 Å². The third-order valence-electron chi connectivity index (χ3n) is 3.65. The van der Waals surface area contributed by atoms with Gasteiger partial charge in [-0.15, -0.1) is 0 Å². The maximum absolute atomic E-state index is 12.4. The SMILES string of the molecule is CCC(NC(=O)C(CN)CC(C)C)c1ccc(OC)cc1. The molecule has 4 nitrogen and oxygen atoms in total. The molecule has 0 saturated carbocycles. The third-order valence-corrected chi connectivity index (χ3v) is 3.65. The van der Waals surface area contributed by atoms with Crippen molar-refractivity contribution in [2.24, 2.45) is 17.6 Å². The molecule has 0 radical (unpaired) electrons. The number of nitrogens with two attached hydrogens (primary N) is 1. The molecule has 21 heavy (non-hydrogen) atoms. The Morgan fingerprint density at radius 3 is 2.33 bits per heavy atom. The highest BCUT2D eigenvalue weighted by atomic mass is 16.5. The Morgan fingerprint density at radius 1 is 1.29 bits per heavy atom. The van der Waals surface area contributed by atoms with Crippen LogP contribution in [0, 0.1) is 11.8 Å². The molecule has 0 aliphatic rings. The molecular formula is C17H28N2O2. The minimum Gasteiger partial charge on any atom is -0.497 e. The van der Waals surface area contributed by atoms with Gasteiger partial charge < -0.3 is 15.8 Å². The van der Waals surface area contributed by atoms with Crippen LogP contribution >= 0.6 is 0 Å². The third kappa shape index (κ3) is 5.38. The summed E-state index contributed by atoms with van der Waals surface area (Å²) in [7, 11) is 1.64. The second-order valence-electron chi connectivity index (χ2n) is 5.80. The van der Waals surface area contributed by atoms with Gasteiger partial charge in [-0.05, 0) is 36.5 Å². The van der Waals surface area contributed by atoms with Crippen molar-refractivity contribution in [1.29, 1.82) is 0 Å². The van der Waals surface area contributed by atoms with Gasteiger partial charge in [-0.1, -0.05) is 32.9 Å². The van der Waals surface area contributed by atoms with Crippen LogP contribution in [0.1, 0.15) is 45.2 Å². The smallest absolute Gasteiger partial charge is 0.224 e. The molecule has 2 atom stereocenters. The number of rotatable bonds is 8. The van der Waals surface area contributed by atoms with Gasteiger partial charge in [0.05, 0.1) is 19.1 Å². The van der Waals surface area contributed by atoms with Crippen LogP contribution in [0.15, 0.2) is 24.3 Å². The van der Waals surface area contributed by atoms with Crippen molar-refractivity contribution < 1.29 is 9.53 Å². The van der Waals surface area contributed by atoms with Crippen LogP contribution < -0.4 is 15.8 Å². The minimum atomic E-state index is -0.114. The number of carbonyl (C=O) groups excluding carboxylic acids is 1. The minimum absolute atomic E-state index is 0.0182. The van der Waals surface area contributed by atoms with Crippen LogP contribution in [0.2, 0.25) is 0 Å². The van der Waals surface area contributed by atoms with Gasteiger partial charge in [0.15, 0.2) is 0 Å². The first-order valence-electron chi connectivity index (χ1n) is 7.66. The van der Waals surface area contributed by atoms with Crippen LogP contribution in [0.25, 0.3) is 0 Å². The van der Waals surface area contributed by atoms with Crippen LogP contribution in [0.3, 0.4) is 0 Å². The first-order valence-corrected chi connectivity index (χ1v) is 7.66. The largest absolute Gasteiger partial charge is 0.497 e. The average Bonchev–Trinajstić information content (AvgIpc) is 2.49. The predicted octanol–water partition coefficient (Wildman–Crippen LogP) is 2.88. The van der Waals surface area contributed by atoms with E-state index in [2.05, 4.69) is 26.1 Å². The standard InChI is InChI=1S/C17H28N2O2/c1-5-16(13-6-8-15(21-4)9-7-13)19-17(20)14(11-18)10-12(2)3/h6-9,12,14,16H,5,10-11,18H2,1-4H3,(H,19,20). The maximum atomic E-state index is 12.4. The first-order chi connectivity index (χ1) is 10.0. The number of amides is 1. The number of methoxy groups -OCH3 is 1. The maximum Gasteiger partial charge on any atom is 0.224 e. The van der Waals surface area contributed by atoms with E-state index in [1.54, 1.807) is 7.11 Å². The summed E-state index contributed by atoms with van der Waals surface area (Å²) in [5, 5.41) is 3.12. The second-order valence-corrected chi connectivity index (χ2v) is 5.80. The zero-order valence-electron chi connectivity index (χ0n) is 13.6. The van der Waals surface area contributed by atoms with E-state index >= 15 is 0 Å². The van der Waals surface area contributed by atoms with E-state index < -0.39 is 0 Å². The fourth-order valence-corrected chi connectivity index (χ4v) is 2.43. The lowest BCUT2D eigenvalue weighted by Gasteiger charge is -2.22. The monoisotopic (exact) mass is 292 g/mol. The summed E-state index contributed by atoms with van der Waals surface area (Å²) >= 11 is 0. The van der Waals surface area contributed by atoms with E-state index in [1.807, 2.05) is 24.3 Å². The molecule has 0 bridgehead atoms. The summed E-state index contributed by atoms with van der Waals surface area (Å²) in [6.45, 7) is 6.67. The molecule has 0 aromatic heterocycles. The van der Waals surface area contributed by atoms with Crippen molar-refractivity contribution in [1.82, 2.24) is 5.32 Å². The average molecular weight is 292 g/mol. The number of hydrogen-bond donors (Lipinski definition) is 2. The first kappa shape index (κ1) is 17.5. The van der Waals surface area contributed by atoms with Gasteiger partial charge in [0.2, 0.25) is 5.91 Å². The van der Waals surface area contributed by atoms with E-state index in [0.29, 0.717) is 12.5 Å². The van der Waals surface area contributed by atoms with Crippen molar-refractivity contribution in [3.8, 4) is 5.75 Å². The zero-order valence-corrected chi connectivity index (χ0v) is 13.6. The van der Waals surface area contributed by atoms with Gasteiger partial charge in [-0.3, -0.25) is 4.79 Å². The summed E-state index contributed by atoms with van der Waals surface area (Å²) in [6, 6.07) is 7.84. The molecule has 0 aliphatic carbocycles. The lowest BCUT2D eigenvalue weighted by Crippen LogP contribution is -2.37. The molecule has 0 aliphatic heterocycles. The molecule has 0 heterocycles. The summed E-state index contributed by atoms with van der Waals surface area (Å²) < 4.78 is 5.16. The van der Waals surface area contributed by atoms with Crippen LogP contribution in [0.4, 0.5) is 0 Å². The number of ether oxygens (including phenoxy) is 1. The Balaban J connectivity index is 2.73. The topological polar surface area (TPSA) is 64.4 Å². The highest BCUT2D eigenvalue weighted by Crippen LogP contribution is 2.21. The lowest BCUT2D eigenvalue weighted by atomic mass is 9.95. The number of nitrogens with one attached hydrogen (secondary N) is 1. The predicted molar refractivity (Wildman–Crippen MR) is 86.2 cm³/mol. The van der Waals surface area contributed by atoms with Crippen LogP contribution in [0.5, 0.6) is 5.75 Å². The molecule has 3 N–H and O–H groups in total.